The molecule has 1 rings (SSSR count). The van der Waals surface area contributed by atoms with Crippen molar-refractivity contribution >= 4 is 17.9 Å². The Bertz CT molecular complexity index is 573. The molecule has 0 spiro atoms. The van der Waals surface area contributed by atoms with Gasteiger partial charge in [-0.1, -0.05) is 13.2 Å². The summed E-state index contributed by atoms with van der Waals surface area (Å²) in [7, 11) is 1.34. The molecule has 20 heavy (non-hydrogen) atoms. The van der Waals surface area contributed by atoms with Gasteiger partial charge in [-0.05, 0) is 18.2 Å². The lowest BCUT2D eigenvalue weighted by Gasteiger charge is -2.09. The van der Waals surface area contributed by atoms with Gasteiger partial charge in [0, 0.05) is 12.2 Å². The van der Waals surface area contributed by atoms with Gasteiger partial charge in [-0.15, -0.1) is 0 Å². The topological polar surface area (TPSA) is 78.9 Å². The number of carbonyl (C=O) groups is 3. The molecule has 0 N–H and O–H groups in total. The van der Waals surface area contributed by atoms with E-state index in [1.54, 1.807) is 0 Å². The largest absolute Gasteiger partial charge is 0.493 e. The highest BCUT2D eigenvalue weighted by Crippen LogP contribution is 2.28. The van der Waals surface area contributed by atoms with Gasteiger partial charge in [0.25, 0.3) is 0 Å². The van der Waals surface area contributed by atoms with Crippen molar-refractivity contribution in [1.29, 1.82) is 0 Å². The molecule has 0 aliphatic rings. The quantitative estimate of drug-likeness (QED) is 0.352. The Labute approximate surface area is 115 Å². The second-order valence-electron chi connectivity index (χ2n) is 3.40. The molecule has 1 aromatic rings. The third-order valence-corrected chi connectivity index (χ3v) is 2.14. The van der Waals surface area contributed by atoms with Crippen LogP contribution in [0, 0.1) is 0 Å². The molecule has 0 amide bonds. The molecule has 0 atom stereocenters. The molecule has 104 valence electrons. The van der Waals surface area contributed by atoms with Crippen LogP contribution in [0.2, 0.25) is 0 Å². The van der Waals surface area contributed by atoms with Crippen molar-refractivity contribution in [3.63, 3.8) is 0 Å². The summed E-state index contributed by atoms with van der Waals surface area (Å²) in [5, 5.41) is 0. The Morgan fingerprint density at radius 2 is 1.70 bits per heavy atom. The molecule has 0 unspecified atom stereocenters. The van der Waals surface area contributed by atoms with Gasteiger partial charge in [-0.25, -0.2) is 14.4 Å². The maximum atomic E-state index is 11.6. The van der Waals surface area contributed by atoms with Crippen LogP contribution in [0.4, 0.5) is 0 Å². The monoisotopic (exact) mass is 276 g/mol. The summed E-state index contributed by atoms with van der Waals surface area (Å²) in [4.78, 5) is 33.6. The van der Waals surface area contributed by atoms with Crippen molar-refractivity contribution in [3.8, 4) is 11.5 Å². The lowest BCUT2D eigenvalue weighted by molar-refractivity contribution is -0.132. The first-order chi connectivity index (χ1) is 9.51. The predicted octanol–water partition coefficient (Wildman–Crippen LogP) is 1.66. The molecule has 1 aromatic carbocycles. The van der Waals surface area contributed by atoms with Crippen LogP contribution >= 0.6 is 0 Å². The third-order valence-electron chi connectivity index (χ3n) is 2.14. The molecule has 0 bridgehead atoms. The van der Waals surface area contributed by atoms with Gasteiger partial charge in [0.05, 0.1) is 12.7 Å². The highest BCUT2D eigenvalue weighted by molar-refractivity contribution is 6.00. The van der Waals surface area contributed by atoms with E-state index in [0.717, 1.165) is 12.2 Å². The summed E-state index contributed by atoms with van der Waals surface area (Å²) in [6.45, 7) is 6.44. The Morgan fingerprint density at radius 3 is 2.25 bits per heavy atom. The van der Waals surface area contributed by atoms with E-state index in [-0.39, 0.29) is 17.1 Å². The lowest BCUT2D eigenvalue weighted by atomic mass is 10.2. The van der Waals surface area contributed by atoms with E-state index in [1.165, 1.54) is 25.3 Å². The van der Waals surface area contributed by atoms with Crippen LogP contribution in [0.5, 0.6) is 11.5 Å². The fourth-order valence-corrected chi connectivity index (χ4v) is 1.22. The first-order valence-electron chi connectivity index (χ1n) is 5.42. The minimum atomic E-state index is -0.866. The SMILES string of the molecule is C=CC(=O)OC(=O)c1ccc(OC(=O)C=C)c(OC)c1. The van der Waals surface area contributed by atoms with Crippen LogP contribution in [0.3, 0.4) is 0 Å². The summed E-state index contributed by atoms with van der Waals surface area (Å²) in [6.07, 6.45) is 1.86. The maximum absolute atomic E-state index is 11.6. The lowest BCUT2D eigenvalue weighted by Crippen LogP contribution is -2.11. The molecule has 0 aliphatic carbocycles. The van der Waals surface area contributed by atoms with Crippen LogP contribution in [0.15, 0.2) is 43.5 Å². The Balaban J connectivity index is 2.99. The van der Waals surface area contributed by atoms with Crippen molar-refractivity contribution in [2.45, 2.75) is 0 Å². The van der Waals surface area contributed by atoms with Crippen LogP contribution < -0.4 is 9.47 Å². The number of hydrogen-bond donors (Lipinski definition) is 0. The highest BCUT2D eigenvalue weighted by Gasteiger charge is 2.15. The Morgan fingerprint density at radius 1 is 1.05 bits per heavy atom. The number of ether oxygens (including phenoxy) is 3. The van der Waals surface area contributed by atoms with Crippen LogP contribution in [0.1, 0.15) is 10.4 Å². The number of esters is 3. The molecule has 0 saturated heterocycles. The standard InChI is InChI=1S/C14H12O6/c1-4-12(15)19-10-7-6-9(8-11(10)18-3)14(17)20-13(16)5-2/h4-8H,1-2H2,3H3. The molecule has 6 heteroatoms. The first-order valence-corrected chi connectivity index (χ1v) is 5.42. The normalized spacial score (nSPS) is 9.25. The number of carbonyl (C=O) groups excluding carboxylic acids is 3. The second-order valence-corrected chi connectivity index (χ2v) is 3.40. The van der Waals surface area contributed by atoms with Crippen LogP contribution in [-0.4, -0.2) is 25.0 Å². The van der Waals surface area contributed by atoms with E-state index in [4.69, 9.17) is 9.47 Å². The fourth-order valence-electron chi connectivity index (χ4n) is 1.22. The highest BCUT2D eigenvalue weighted by atomic mass is 16.6. The molecule has 0 saturated carbocycles. The van der Waals surface area contributed by atoms with Gasteiger partial charge in [-0.3, -0.25) is 0 Å². The smallest absolute Gasteiger partial charge is 0.346 e. The number of hydrogen-bond acceptors (Lipinski definition) is 6. The van der Waals surface area contributed by atoms with E-state index in [2.05, 4.69) is 17.9 Å². The molecule has 0 aromatic heterocycles. The minimum Gasteiger partial charge on any atom is -0.493 e. The minimum absolute atomic E-state index is 0.0652. The summed E-state index contributed by atoms with van der Waals surface area (Å²) < 4.78 is 14.3. The summed E-state index contributed by atoms with van der Waals surface area (Å²) >= 11 is 0. The third kappa shape index (κ3) is 3.81. The summed E-state index contributed by atoms with van der Waals surface area (Å²) in [5.41, 5.74) is 0.0652. The average Bonchev–Trinajstić information content (AvgIpc) is 2.46. The average molecular weight is 276 g/mol. The Kier molecular flexibility index (Phi) is 5.22. The van der Waals surface area contributed by atoms with E-state index in [9.17, 15) is 14.4 Å². The molecule has 0 fully saturated rings. The van der Waals surface area contributed by atoms with Crippen molar-refractivity contribution in [3.05, 3.63) is 49.1 Å². The van der Waals surface area contributed by atoms with E-state index >= 15 is 0 Å². The van der Waals surface area contributed by atoms with Crippen molar-refractivity contribution in [1.82, 2.24) is 0 Å². The number of benzene rings is 1. The molecule has 0 aliphatic heterocycles. The van der Waals surface area contributed by atoms with E-state index in [0.29, 0.717) is 0 Å². The zero-order chi connectivity index (χ0) is 15.1. The van der Waals surface area contributed by atoms with E-state index < -0.39 is 17.9 Å². The first kappa shape index (κ1) is 15.2. The van der Waals surface area contributed by atoms with Crippen LogP contribution in [-0.2, 0) is 14.3 Å². The van der Waals surface area contributed by atoms with Gasteiger partial charge in [0.15, 0.2) is 11.5 Å². The van der Waals surface area contributed by atoms with Gasteiger partial charge >= 0.3 is 17.9 Å². The maximum Gasteiger partial charge on any atom is 0.346 e. The fraction of sp³-hybridized carbons (Fsp3) is 0.0714. The summed E-state index contributed by atoms with van der Waals surface area (Å²) in [6, 6.07) is 3.95. The summed E-state index contributed by atoms with van der Waals surface area (Å²) in [5.74, 6) is -2.14. The molecular weight excluding hydrogens is 264 g/mol. The molecule has 0 radical (unpaired) electrons. The zero-order valence-corrected chi connectivity index (χ0v) is 10.8. The zero-order valence-electron chi connectivity index (χ0n) is 10.8. The number of methoxy groups -OCH3 is 1. The second kappa shape index (κ2) is 6.89. The van der Waals surface area contributed by atoms with Gasteiger partial charge in [-0.2, -0.15) is 0 Å². The molecule has 0 heterocycles. The van der Waals surface area contributed by atoms with Crippen molar-refractivity contribution < 1.29 is 28.6 Å². The van der Waals surface area contributed by atoms with E-state index in [1.807, 2.05) is 0 Å². The van der Waals surface area contributed by atoms with Crippen molar-refractivity contribution in [2.24, 2.45) is 0 Å². The Hall–Kier alpha value is -2.89. The number of rotatable bonds is 5. The van der Waals surface area contributed by atoms with Gasteiger partial charge in [0.2, 0.25) is 0 Å². The van der Waals surface area contributed by atoms with Crippen LogP contribution in [0.25, 0.3) is 0 Å². The molecule has 6 nitrogen and oxygen atoms in total. The predicted molar refractivity (Wildman–Crippen MR) is 69.4 cm³/mol. The van der Waals surface area contributed by atoms with Crippen molar-refractivity contribution in [2.75, 3.05) is 7.11 Å². The van der Waals surface area contributed by atoms with Gasteiger partial charge < -0.3 is 14.2 Å². The molecular formula is C14H12O6. The van der Waals surface area contributed by atoms with Gasteiger partial charge in [0.1, 0.15) is 0 Å².